The Morgan fingerprint density at radius 3 is 2.96 bits per heavy atom. The van der Waals surface area contributed by atoms with Gasteiger partial charge in [-0.15, -0.1) is 35.3 Å². The lowest BCUT2D eigenvalue weighted by molar-refractivity contribution is -0.130. The zero-order chi connectivity index (χ0) is 19.1. The number of rotatable bonds is 6. The van der Waals surface area contributed by atoms with Crippen molar-refractivity contribution >= 4 is 47.2 Å². The minimum absolute atomic E-state index is 0. The van der Waals surface area contributed by atoms with Gasteiger partial charge >= 0.3 is 0 Å². The zero-order valence-corrected chi connectivity index (χ0v) is 20.2. The molecule has 2 N–H and O–H groups in total. The maximum Gasteiger partial charge on any atom is 0.242 e. The van der Waals surface area contributed by atoms with Crippen molar-refractivity contribution in [3.05, 3.63) is 21.9 Å². The molecule has 2 aliphatic heterocycles. The maximum absolute atomic E-state index is 12.5. The number of nitrogens with zero attached hydrogens (tertiary/aromatic N) is 3. The second-order valence-electron chi connectivity index (χ2n) is 7.38. The van der Waals surface area contributed by atoms with Crippen molar-refractivity contribution in [1.29, 1.82) is 0 Å². The number of hydrogen-bond acceptors (Lipinski definition) is 4. The summed E-state index contributed by atoms with van der Waals surface area (Å²) >= 11 is 1.80. The topological polar surface area (TPSA) is 60.0 Å². The van der Waals surface area contributed by atoms with Crippen molar-refractivity contribution in [2.45, 2.75) is 51.6 Å². The van der Waals surface area contributed by atoms with Gasteiger partial charge in [-0.25, -0.2) is 0 Å². The third-order valence-electron chi connectivity index (χ3n) is 5.70. The zero-order valence-electron chi connectivity index (χ0n) is 17.1. The Balaban J connectivity index is 0.00000280. The monoisotopic (exact) mass is 519 g/mol. The van der Waals surface area contributed by atoms with E-state index in [1.54, 1.807) is 18.4 Å². The molecule has 3 heterocycles. The number of thiophene rings is 1. The van der Waals surface area contributed by atoms with E-state index in [-0.39, 0.29) is 29.9 Å². The van der Waals surface area contributed by atoms with Crippen LogP contribution in [0.3, 0.4) is 0 Å². The number of hydrogen-bond donors (Lipinski definition) is 2. The summed E-state index contributed by atoms with van der Waals surface area (Å²) in [4.78, 5) is 22.7. The first-order valence-electron chi connectivity index (χ1n) is 10.2. The fourth-order valence-corrected chi connectivity index (χ4v) is 4.98. The Labute approximate surface area is 190 Å². The van der Waals surface area contributed by atoms with Gasteiger partial charge in [-0.05, 0) is 49.2 Å². The number of carbonyl (C=O) groups is 1. The third kappa shape index (κ3) is 6.32. The lowest BCUT2D eigenvalue weighted by Gasteiger charge is -2.35. The van der Waals surface area contributed by atoms with Crippen LogP contribution in [-0.4, -0.2) is 67.5 Å². The van der Waals surface area contributed by atoms with Gasteiger partial charge in [0.2, 0.25) is 5.91 Å². The van der Waals surface area contributed by atoms with Crippen LogP contribution in [0.15, 0.2) is 16.4 Å². The molecule has 0 aromatic carbocycles. The average molecular weight is 519 g/mol. The maximum atomic E-state index is 12.5. The summed E-state index contributed by atoms with van der Waals surface area (Å²) in [5, 5.41) is 8.66. The molecule has 1 unspecified atom stereocenters. The summed E-state index contributed by atoms with van der Waals surface area (Å²) in [6, 6.07) is 2.86. The molecule has 28 heavy (non-hydrogen) atoms. The van der Waals surface area contributed by atoms with E-state index in [9.17, 15) is 4.79 Å². The number of carbonyl (C=O) groups excluding carboxylic acids is 1. The van der Waals surface area contributed by atoms with E-state index in [4.69, 9.17) is 0 Å². The van der Waals surface area contributed by atoms with Crippen molar-refractivity contribution in [3.63, 3.8) is 0 Å². The molecular formula is C20H34IN5OS. The lowest BCUT2D eigenvalue weighted by Crippen LogP contribution is -2.48. The van der Waals surface area contributed by atoms with Gasteiger partial charge in [-0.2, -0.15) is 0 Å². The number of guanidine groups is 1. The summed E-state index contributed by atoms with van der Waals surface area (Å²) in [5.41, 5.74) is 1.30. The molecule has 1 fully saturated rings. The van der Waals surface area contributed by atoms with Crippen molar-refractivity contribution in [2.75, 3.05) is 39.8 Å². The number of piperidine rings is 1. The first-order valence-corrected chi connectivity index (χ1v) is 11.1. The van der Waals surface area contributed by atoms with Crippen LogP contribution in [-0.2, 0) is 17.8 Å². The van der Waals surface area contributed by atoms with Crippen molar-refractivity contribution < 1.29 is 4.79 Å². The Morgan fingerprint density at radius 1 is 1.32 bits per heavy atom. The van der Waals surface area contributed by atoms with Crippen LogP contribution >= 0.6 is 35.3 Å². The van der Waals surface area contributed by atoms with E-state index in [0.29, 0.717) is 12.5 Å². The largest absolute Gasteiger partial charge is 0.355 e. The molecule has 2 aliphatic rings. The molecule has 1 amide bonds. The molecular weight excluding hydrogens is 485 g/mol. The normalized spacial score (nSPS) is 20.3. The number of likely N-dealkylation sites (tertiary alicyclic amines) is 1. The van der Waals surface area contributed by atoms with E-state index in [1.165, 1.54) is 42.7 Å². The quantitative estimate of drug-likeness (QED) is 0.345. The molecule has 0 spiro atoms. The fraction of sp³-hybridized carbons (Fsp3) is 0.700. The first kappa shape index (κ1) is 23.4. The predicted octanol–water partition coefficient (Wildman–Crippen LogP) is 2.68. The van der Waals surface area contributed by atoms with Gasteiger partial charge in [0.25, 0.3) is 0 Å². The molecule has 3 rings (SSSR count). The highest BCUT2D eigenvalue weighted by molar-refractivity contribution is 14.0. The summed E-state index contributed by atoms with van der Waals surface area (Å²) in [5.74, 6) is 0.846. The summed E-state index contributed by atoms with van der Waals surface area (Å²) in [6.45, 7) is 7.20. The Morgan fingerprint density at radius 2 is 2.18 bits per heavy atom. The summed E-state index contributed by atoms with van der Waals surface area (Å²) < 4.78 is 0. The van der Waals surface area contributed by atoms with E-state index in [0.717, 1.165) is 38.6 Å². The number of amides is 1. The highest BCUT2D eigenvalue weighted by atomic mass is 127. The Bertz CT molecular complexity index is 650. The van der Waals surface area contributed by atoms with Crippen LogP contribution < -0.4 is 10.6 Å². The molecule has 1 atom stereocenters. The van der Waals surface area contributed by atoms with Crippen LogP contribution in [0, 0.1) is 0 Å². The second kappa shape index (κ2) is 12.0. The van der Waals surface area contributed by atoms with Gasteiger partial charge in [-0.3, -0.25) is 14.7 Å². The van der Waals surface area contributed by atoms with Crippen molar-refractivity contribution in [1.82, 2.24) is 20.4 Å². The molecule has 0 aliphatic carbocycles. The van der Waals surface area contributed by atoms with Gasteiger partial charge in [0.1, 0.15) is 0 Å². The standard InChI is InChI=1S/C20H33N5OS.HI/c1-3-17-6-4-5-10-24(17)12-9-22-20(21-2)23-14-19(26)25-11-7-18-16(15-25)8-13-27-18;/h8,13,17H,3-7,9-12,14-15H2,1-2H3,(H2,21,22,23);1H. The molecule has 158 valence electrons. The average Bonchev–Trinajstić information content (AvgIpc) is 3.18. The summed E-state index contributed by atoms with van der Waals surface area (Å²) in [7, 11) is 1.76. The Kier molecular flexibility index (Phi) is 10.0. The van der Waals surface area contributed by atoms with E-state index < -0.39 is 0 Å². The first-order chi connectivity index (χ1) is 13.2. The minimum atomic E-state index is 0. The van der Waals surface area contributed by atoms with E-state index >= 15 is 0 Å². The van der Waals surface area contributed by atoms with Gasteiger partial charge in [0.15, 0.2) is 5.96 Å². The minimum Gasteiger partial charge on any atom is -0.355 e. The smallest absolute Gasteiger partial charge is 0.242 e. The van der Waals surface area contributed by atoms with Crippen LogP contribution in [0.5, 0.6) is 0 Å². The molecule has 1 saturated heterocycles. The van der Waals surface area contributed by atoms with Crippen LogP contribution in [0.1, 0.15) is 43.0 Å². The molecule has 0 radical (unpaired) electrons. The van der Waals surface area contributed by atoms with Gasteiger partial charge < -0.3 is 15.5 Å². The predicted molar refractivity (Wildman–Crippen MR) is 128 cm³/mol. The van der Waals surface area contributed by atoms with Gasteiger partial charge in [-0.1, -0.05) is 13.3 Å². The highest BCUT2D eigenvalue weighted by Crippen LogP contribution is 2.23. The highest BCUT2D eigenvalue weighted by Gasteiger charge is 2.22. The van der Waals surface area contributed by atoms with Crippen LogP contribution in [0.2, 0.25) is 0 Å². The molecule has 1 aromatic rings. The van der Waals surface area contributed by atoms with Gasteiger partial charge in [0, 0.05) is 44.1 Å². The molecule has 0 saturated carbocycles. The number of halogens is 1. The van der Waals surface area contributed by atoms with E-state index in [1.807, 2.05) is 4.90 Å². The molecule has 6 nitrogen and oxygen atoms in total. The fourth-order valence-electron chi connectivity index (χ4n) is 4.09. The van der Waals surface area contributed by atoms with Crippen LogP contribution in [0.25, 0.3) is 0 Å². The lowest BCUT2D eigenvalue weighted by atomic mass is 10.0. The number of fused-ring (bicyclic) bond motifs is 1. The SMILES string of the molecule is CCC1CCCCN1CCNC(=NC)NCC(=O)N1CCc2sccc2C1.I. The number of nitrogens with one attached hydrogen (secondary N) is 2. The van der Waals surface area contributed by atoms with Gasteiger partial charge in [0.05, 0.1) is 6.54 Å². The molecule has 0 bridgehead atoms. The van der Waals surface area contributed by atoms with E-state index in [2.05, 4.69) is 38.9 Å². The molecule has 8 heteroatoms. The molecule has 1 aromatic heterocycles. The Hall–Kier alpha value is -0.870. The van der Waals surface area contributed by atoms with Crippen molar-refractivity contribution in [2.24, 2.45) is 4.99 Å². The summed E-state index contributed by atoms with van der Waals surface area (Å²) in [6.07, 6.45) is 6.18. The number of aliphatic imine (C=N–C) groups is 1. The van der Waals surface area contributed by atoms with Crippen LogP contribution in [0.4, 0.5) is 0 Å². The third-order valence-corrected chi connectivity index (χ3v) is 6.73. The second-order valence-corrected chi connectivity index (χ2v) is 8.38. The van der Waals surface area contributed by atoms with Crippen molar-refractivity contribution in [3.8, 4) is 0 Å².